The zero-order valence-electron chi connectivity index (χ0n) is 9.25. The number of nitrogens with one attached hydrogen (secondary N) is 1. The van der Waals surface area contributed by atoms with Crippen molar-refractivity contribution in [1.29, 1.82) is 0 Å². The van der Waals surface area contributed by atoms with E-state index in [0.29, 0.717) is 9.78 Å². The quantitative estimate of drug-likeness (QED) is 0.861. The third kappa shape index (κ3) is 2.14. The molecule has 0 saturated carbocycles. The van der Waals surface area contributed by atoms with Crippen LogP contribution >= 0.6 is 27.3 Å². The number of hydrogen-bond acceptors (Lipinski definition) is 3. The molecule has 0 radical (unpaired) electrons. The highest BCUT2D eigenvalue weighted by molar-refractivity contribution is 9.11. The van der Waals surface area contributed by atoms with Crippen molar-refractivity contribution < 1.29 is 18.4 Å². The number of alkyl halides is 2. The summed E-state index contributed by atoms with van der Waals surface area (Å²) >= 11 is 4.53. The minimum absolute atomic E-state index is 0.554. The van der Waals surface area contributed by atoms with Crippen LogP contribution in [0.5, 0.6) is 0 Å². The van der Waals surface area contributed by atoms with Crippen molar-refractivity contribution in [3.05, 3.63) is 20.8 Å². The fourth-order valence-corrected chi connectivity index (χ4v) is 3.23. The Hall–Kier alpha value is -1.02. The molecule has 0 aliphatic carbocycles. The van der Waals surface area contributed by atoms with Crippen LogP contribution in [-0.2, 0) is 10.3 Å². The molecule has 1 aromatic heterocycles. The number of imide groups is 1. The van der Waals surface area contributed by atoms with Gasteiger partial charge in [0.25, 0.3) is 12.3 Å². The molecule has 98 valence electrons. The normalized spacial score (nSPS) is 23.9. The van der Waals surface area contributed by atoms with Gasteiger partial charge >= 0.3 is 6.03 Å². The Morgan fingerprint density at radius 2 is 2.17 bits per heavy atom. The second-order valence-corrected chi connectivity index (χ2v) is 6.43. The van der Waals surface area contributed by atoms with Crippen molar-refractivity contribution in [2.75, 3.05) is 6.54 Å². The average molecular weight is 339 g/mol. The molecule has 18 heavy (non-hydrogen) atoms. The van der Waals surface area contributed by atoms with E-state index in [1.54, 1.807) is 12.1 Å². The number of hydrogen-bond donors (Lipinski definition) is 1. The predicted octanol–water partition coefficient (Wildman–Crippen LogP) is 2.54. The lowest BCUT2D eigenvalue weighted by atomic mass is 10.0. The van der Waals surface area contributed by atoms with Crippen molar-refractivity contribution in [3.8, 4) is 0 Å². The second kappa shape index (κ2) is 4.58. The smallest absolute Gasteiger partial charge is 0.319 e. The molecule has 4 nitrogen and oxygen atoms in total. The molecule has 3 amide bonds. The number of carbonyl (C=O) groups is 2. The van der Waals surface area contributed by atoms with Gasteiger partial charge in [-0.25, -0.2) is 13.6 Å². The third-order valence-electron chi connectivity index (χ3n) is 2.66. The minimum Gasteiger partial charge on any atom is -0.319 e. The van der Waals surface area contributed by atoms with Crippen LogP contribution in [0.4, 0.5) is 13.6 Å². The molecular formula is C10H9BrF2N2O2S. The van der Waals surface area contributed by atoms with Crippen molar-refractivity contribution >= 4 is 39.2 Å². The number of nitrogens with zero attached hydrogens (tertiary/aromatic N) is 1. The number of urea groups is 1. The Morgan fingerprint density at radius 1 is 1.50 bits per heavy atom. The lowest BCUT2D eigenvalue weighted by Crippen LogP contribution is -2.40. The van der Waals surface area contributed by atoms with Gasteiger partial charge < -0.3 is 5.32 Å². The van der Waals surface area contributed by atoms with E-state index in [1.807, 2.05) is 0 Å². The van der Waals surface area contributed by atoms with Gasteiger partial charge in [0.1, 0.15) is 0 Å². The maximum Gasteiger partial charge on any atom is 0.325 e. The highest BCUT2D eigenvalue weighted by Crippen LogP contribution is 2.35. The minimum atomic E-state index is -2.74. The van der Waals surface area contributed by atoms with Gasteiger partial charge in [0.2, 0.25) is 0 Å². The zero-order chi connectivity index (χ0) is 13.5. The van der Waals surface area contributed by atoms with Crippen molar-refractivity contribution in [1.82, 2.24) is 10.2 Å². The van der Waals surface area contributed by atoms with Gasteiger partial charge in [0.05, 0.1) is 10.3 Å². The topological polar surface area (TPSA) is 49.4 Å². The second-order valence-electron chi connectivity index (χ2n) is 3.97. The van der Waals surface area contributed by atoms with Crippen LogP contribution < -0.4 is 5.32 Å². The van der Waals surface area contributed by atoms with E-state index < -0.39 is 30.4 Å². The molecule has 0 spiro atoms. The summed E-state index contributed by atoms with van der Waals surface area (Å²) in [5.74, 6) is -0.651. The van der Waals surface area contributed by atoms with Crippen LogP contribution in [0.2, 0.25) is 0 Å². The van der Waals surface area contributed by atoms with E-state index in [9.17, 15) is 18.4 Å². The van der Waals surface area contributed by atoms with E-state index >= 15 is 0 Å². The maximum atomic E-state index is 12.3. The van der Waals surface area contributed by atoms with Gasteiger partial charge in [0.15, 0.2) is 5.54 Å². The van der Waals surface area contributed by atoms with Gasteiger partial charge in [-0.15, -0.1) is 11.3 Å². The molecule has 8 heteroatoms. The first-order chi connectivity index (χ1) is 8.34. The van der Waals surface area contributed by atoms with Crippen molar-refractivity contribution in [2.24, 2.45) is 0 Å². The molecule has 0 unspecified atom stereocenters. The Kier molecular flexibility index (Phi) is 3.41. The van der Waals surface area contributed by atoms with Crippen LogP contribution in [-0.4, -0.2) is 29.8 Å². The fourth-order valence-electron chi connectivity index (χ4n) is 1.75. The number of rotatable bonds is 3. The molecule has 0 bridgehead atoms. The van der Waals surface area contributed by atoms with Crippen molar-refractivity contribution in [3.63, 3.8) is 0 Å². The summed E-state index contributed by atoms with van der Waals surface area (Å²) in [6.07, 6.45) is -2.74. The summed E-state index contributed by atoms with van der Waals surface area (Å²) in [5, 5.41) is 2.46. The summed E-state index contributed by atoms with van der Waals surface area (Å²) in [5.41, 5.74) is -1.26. The van der Waals surface area contributed by atoms with Crippen LogP contribution in [0.15, 0.2) is 15.9 Å². The molecule has 1 aromatic rings. The van der Waals surface area contributed by atoms with Gasteiger partial charge in [-0.05, 0) is 35.0 Å². The fraction of sp³-hybridized carbons (Fsp3) is 0.400. The Labute approximate surface area is 114 Å². The summed E-state index contributed by atoms with van der Waals surface area (Å²) in [4.78, 5) is 24.8. The molecular weight excluding hydrogens is 330 g/mol. The molecule has 2 rings (SSSR count). The highest BCUT2D eigenvalue weighted by Gasteiger charge is 2.50. The van der Waals surface area contributed by atoms with E-state index in [0.717, 1.165) is 3.79 Å². The van der Waals surface area contributed by atoms with Crippen LogP contribution in [0.3, 0.4) is 0 Å². The molecule has 1 N–H and O–H groups in total. The highest BCUT2D eigenvalue weighted by atomic mass is 79.9. The summed E-state index contributed by atoms with van der Waals surface area (Å²) < 4.78 is 25.4. The van der Waals surface area contributed by atoms with E-state index in [-0.39, 0.29) is 0 Å². The third-order valence-corrected chi connectivity index (χ3v) is 4.51. The SMILES string of the molecule is C[C@]1(c2ccc(Br)s2)NC(=O)N(CC(F)F)C1=O. The van der Waals surface area contributed by atoms with Gasteiger partial charge in [-0.2, -0.15) is 0 Å². The zero-order valence-corrected chi connectivity index (χ0v) is 11.6. The van der Waals surface area contributed by atoms with E-state index in [4.69, 9.17) is 0 Å². The first kappa shape index (κ1) is 13.4. The van der Waals surface area contributed by atoms with Gasteiger partial charge in [-0.3, -0.25) is 9.69 Å². The number of amides is 3. The van der Waals surface area contributed by atoms with E-state index in [2.05, 4.69) is 21.2 Å². The van der Waals surface area contributed by atoms with Crippen LogP contribution in [0.1, 0.15) is 11.8 Å². The maximum absolute atomic E-state index is 12.3. The Morgan fingerprint density at radius 3 is 2.67 bits per heavy atom. The first-order valence-electron chi connectivity index (χ1n) is 5.02. The van der Waals surface area contributed by atoms with E-state index in [1.165, 1.54) is 18.3 Å². The molecule has 0 aromatic carbocycles. The van der Waals surface area contributed by atoms with Gasteiger partial charge in [0, 0.05) is 4.88 Å². The number of carbonyl (C=O) groups excluding carboxylic acids is 2. The molecule has 1 aliphatic rings. The molecule has 1 atom stereocenters. The summed E-state index contributed by atoms with van der Waals surface area (Å²) in [6, 6.07) is 2.63. The molecule has 1 aliphatic heterocycles. The lowest BCUT2D eigenvalue weighted by molar-refractivity contribution is -0.132. The van der Waals surface area contributed by atoms with Gasteiger partial charge in [-0.1, -0.05) is 0 Å². The van der Waals surface area contributed by atoms with Crippen LogP contribution in [0, 0.1) is 0 Å². The number of thiophene rings is 1. The lowest BCUT2D eigenvalue weighted by Gasteiger charge is -2.19. The average Bonchev–Trinajstić information content (AvgIpc) is 2.78. The predicted molar refractivity (Wildman–Crippen MR) is 65.6 cm³/mol. The molecule has 2 heterocycles. The largest absolute Gasteiger partial charge is 0.325 e. The Bertz CT molecular complexity index is 508. The molecule has 1 fully saturated rings. The summed E-state index contributed by atoms with van der Waals surface area (Å²) in [7, 11) is 0. The standard InChI is InChI=1S/C10H9BrF2N2O2S/c1-10(5-2-3-6(11)18-5)8(16)15(4-7(12)13)9(17)14-10/h2-3,7H,4H2,1H3,(H,14,17)/t10-/m1/s1. The first-order valence-corrected chi connectivity index (χ1v) is 6.63. The molecule has 1 saturated heterocycles. The Balaban J connectivity index is 2.31. The van der Waals surface area contributed by atoms with Crippen molar-refractivity contribution in [2.45, 2.75) is 18.9 Å². The summed E-state index contributed by atoms with van der Waals surface area (Å²) in [6.45, 7) is 0.629. The number of halogens is 3. The monoisotopic (exact) mass is 338 g/mol. The van der Waals surface area contributed by atoms with Crippen LogP contribution in [0.25, 0.3) is 0 Å².